The van der Waals surface area contributed by atoms with Gasteiger partial charge in [0.2, 0.25) is 5.91 Å². The van der Waals surface area contributed by atoms with E-state index in [1.165, 1.54) is 10.6 Å². The Morgan fingerprint density at radius 1 is 1.27 bits per heavy atom. The third kappa shape index (κ3) is 3.42. The summed E-state index contributed by atoms with van der Waals surface area (Å²) in [5.74, 6) is 0.0852. The van der Waals surface area contributed by atoms with Gasteiger partial charge in [0.05, 0.1) is 12.2 Å². The summed E-state index contributed by atoms with van der Waals surface area (Å²) in [5, 5.41) is 1.12. The molecule has 1 aromatic heterocycles. The fraction of sp³-hybridized carbons (Fsp3) is 0.733. The van der Waals surface area contributed by atoms with Crippen molar-refractivity contribution in [2.45, 2.75) is 19.9 Å². The van der Waals surface area contributed by atoms with Crippen LogP contribution in [0.4, 0.5) is 5.13 Å². The molecular formula is C15H24N4O2S. The molecule has 0 saturated carbocycles. The summed E-state index contributed by atoms with van der Waals surface area (Å²) in [6.07, 6.45) is 0.859. The zero-order chi connectivity index (χ0) is 15.5. The molecule has 6 nitrogen and oxygen atoms in total. The minimum atomic E-state index is 0.0852. The lowest BCUT2D eigenvalue weighted by molar-refractivity contribution is -0.136. The average molecular weight is 324 g/mol. The van der Waals surface area contributed by atoms with Crippen molar-refractivity contribution in [3.05, 3.63) is 10.6 Å². The molecule has 3 rings (SSSR count). The molecule has 1 fully saturated rings. The van der Waals surface area contributed by atoms with Crippen LogP contribution in [0, 0.1) is 0 Å². The van der Waals surface area contributed by atoms with Crippen LogP contribution in [0.1, 0.15) is 17.5 Å². The lowest BCUT2D eigenvalue weighted by Gasteiger charge is -2.32. The van der Waals surface area contributed by atoms with Crippen molar-refractivity contribution in [3.8, 4) is 0 Å². The first-order chi connectivity index (χ1) is 10.7. The van der Waals surface area contributed by atoms with Crippen LogP contribution in [0.2, 0.25) is 0 Å². The first kappa shape index (κ1) is 15.7. The van der Waals surface area contributed by atoms with Gasteiger partial charge in [-0.15, -0.1) is 0 Å². The van der Waals surface area contributed by atoms with Gasteiger partial charge in [0.25, 0.3) is 0 Å². The van der Waals surface area contributed by atoms with Gasteiger partial charge in [-0.3, -0.25) is 4.79 Å². The van der Waals surface area contributed by atoms with E-state index in [0.717, 1.165) is 44.3 Å². The van der Waals surface area contributed by atoms with Crippen molar-refractivity contribution in [1.29, 1.82) is 0 Å². The zero-order valence-electron chi connectivity index (χ0n) is 13.4. The van der Waals surface area contributed by atoms with Crippen LogP contribution >= 0.6 is 11.3 Å². The predicted molar refractivity (Wildman–Crippen MR) is 87.4 cm³/mol. The summed E-state index contributed by atoms with van der Waals surface area (Å²) >= 11 is 1.75. The number of nitrogens with zero attached hydrogens (tertiary/aromatic N) is 4. The summed E-state index contributed by atoms with van der Waals surface area (Å²) in [6, 6.07) is 0. The second-order valence-electron chi connectivity index (χ2n) is 5.86. The molecule has 1 saturated heterocycles. The van der Waals surface area contributed by atoms with Crippen LogP contribution in [-0.4, -0.2) is 73.7 Å². The second-order valence-corrected chi connectivity index (χ2v) is 6.92. The van der Waals surface area contributed by atoms with E-state index in [1.54, 1.807) is 11.3 Å². The summed E-state index contributed by atoms with van der Waals surface area (Å²) in [6.45, 7) is 8.37. The van der Waals surface area contributed by atoms with Crippen molar-refractivity contribution < 1.29 is 9.53 Å². The number of likely N-dealkylation sites (N-methyl/N-ethyl adjacent to an activating group) is 1. The highest BCUT2D eigenvalue weighted by molar-refractivity contribution is 7.15. The number of hydrogen-bond acceptors (Lipinski definition) is 6. The Hall–Kier alpha value is -1.18. The minimum absolute atomic E-state index is 0.0852. The molecule has 22 heavy (non-hydrogen) atoms. The molecule has 0 radical (unpaired) electrons. The van der Waals surface area contributed by atoms with Crippen LogP contribution in [0.5, 0.6) is 0 Å². The Labute approximate surface area is 135 Å². The molecule has 2 aliphatic heterocycles. The Balaban J connectivity index is 1.64. The first-order valence-electron chi connectivity index (χ1n) is 7.95. The molecule has 7 heteroatoms. The number of thiazole rings is 1. The van der Waals surface area contributed by atoms with Crippen LogP contribution in [0.25, 0.3) is 0 Å². The number of amides is 1. The van der Waals surface area contributed by atoms with Gasteiger partial charge in [0, 0.05) is 50.6 Å². The second kappa shape index (κ2) is 6.93. The number of carbonyl (C=O) groups is 1. The highest BCUT2D eigenvalue weighted by Gasteiger charge is 2.26. The molecule has 0 spiro atoms. The maximum absolute atomic E-state index is 12.1. The van der Waals surface area contributed by atoms with Crippen molar-refractivity contribution in [1.82, 2.24) is 14.8 Å². The SMILES string of the molecule is CCOCC(=O)N1CCc2nc(N3CCN(C)CC3)sc2C1. The van der Waals surface area contributed by atoms with Crippen LogP contribution in [0.3, 0.4) is 0 Å². The molecule has 2 aliphatic rings. The lowest BCUT2D eigenvalue weighted by Crippen LogP contribution is -2.44. The van der Waals surface area contributed by atoms with Gasteiger partial charge in [-0.25, -0.2) is 4.98 Å². The van der Waals surface area contributed by atoms with Crippen LogP contribution in [-0.2, 0) is 22.5 Å². The molecule has 1 aromatic rings. The van der Waals surface area contributed by atoms with E-state index in [-0.39, 0.29) is 12.5 Å². The third-order valence-corrected chi connectivity index (χ3v) is 5.42. The minimum Gasteiger partial charge on any atom is -0.372 e. The van der Waals surface area contributed by atoms with Crippen LogP contribution in [0.15, 0.2) is 0 Å². The smallest absolute Gasteiger partial charge is 0.248 e. The number of rotatable bonds is 4. The molecule has 3 heterocycles. The van der Waals surface area contributed by atoms with E-state index in [2.05, 4.69) is 16.8 Å². The van der Waals surface area contributed by atoms with Crippen LogP contribution < -0.4 is 4.90 Å². The number of ether oxygens (including phenoxy) is 1. The van der Waals surface area contributed by atoms with E-state index in [1.807, 2.05) is 11.8 Å². The highest BCUT2D eigenvalue weighted by atomic mass is 32.1. The lowest BCUT2D eigenvalue weighted by atomic mass is 10.2. The monoisotopic (exact) mass is 324 g/mol. The number of aromatic nitrogens is 1. The van der Waals surface area contributed by atoms with E-state index in [9.17, 15) is 4.79 Å². The van der Waals surface area contributed by atoms with Gasteiger partial charge in [0.1, 0.15) is 6.61 Å². The summed E-state index contributed by atoms with van der Waals surface area (Å²) < 4.78 is 5.23. The first-order valence-corrected chi connectivity index (χ1v) is 8.76. The quantitative estimate of drug-likeness (QED) is 0.820. The van der Waals surface area contributed by atoms with Gasteiger partial charge < -0.3 is 19.4 Å². The topological polar surface area (TPSA) is 48.9 Å². The van der Waals surface area contributed by atoms with E-state index in [4.69, 9.17) is 9.72 Å². The van der Waals surface area contributed by atoms with E-state index >= 15 is 0 Å². The number of fused-ring (bicyclic) bond motifs is 1. The van der Waals surface area contributed by atoms with E-state index in [0.29, 0.717) is 13.2 Å². The van der Waals surface area contributed by atoms with Crippen molar-refractivity contribution in [2.24, 2.45) is 0 Å². The molecule has 1 amide bonds. The fourth-order valence-corrected chi connectivity index (χ4v) is 3.98. The Morgan fingerprint density at radius 2 is 2.05 bits per heavy atom. The molecule has 0 bridgehead atoms. The maximum atomic E-state index is 12.1. The molecular weight excluding hydrogens is 300 g/mol. The molecule has 0 aromatic carbocycles. The van der Waals surface area contributed by atoms with Crippen molar-refractivity contribution in [2.75, 3.05) is 57.9 Å². The molecule has 0 atom stereocenters. The number of anilines is 1. The number of piperazine rings is 1. The summed E-state index contributed by atoms with van der Waals surface area (Å²) in [7, 11) is 2.16. The largest absolute Gasteiger partial charge is 0.372 e. The Kier molecular flexibility index (Phi) is 4.95. The molecule has 0 aliphatic carbocycles. The van der Waals surface area contributed by atoms with Gasteiger partial charge in [-0.2, -0.15) is 0 Å². The summed E-state index contributed by atoms with van der Waals surface area (Å²) in [5.41, 5.74) is 1.18. The molecule has 0 N–H and O–H groups in total. The van der Waals surface area contributed by atoms with Gasteiger partial charge in [-0.05, 0) is 14.0 Å². The average Bonchev–Trinajstić information content (AvgIpc) is 2.96. The van der Waals surface area contributed by atoms with Gasteiger partial charge in [0.15, 0.2) is 5.13 Å². The Bertz CT molecular complexity index is 526. The third-order valence-electron chi connectivity index (χ3n) is 4.28. The van der Waals surface area contributed by atoms with E-state index < -0.39 is 0 Å². The summed E-state index contributed by atoms with van der Waals surface area (Å²) in [4.78, 5) is 24.7. The fourth-order valence-electron chi connectivity index (χ4n) is 2.81. The number of carbonyl (C=O) groups excluding carboxylic acids is 1. The highest BCUT2D eigenvalue weighted by Crippen LogP contribution is 2.31. The molecule has 122 valence electrons. The zero-order valence-corrected chi connectivity index (χ0v) is 14.2. The predicted octanol–water partition coefficient (Wildman–Crippen LogP) is 0.816. The molecule has 0 unspecified atom stereocenters. The standard InChI is InChI=1S/C15H24N4O2S/c1-3-21-11-14(20)19-5-4-12-13(10-19)22-15(16-12)18-8-6-17(2)7-9-18/h3-11H2,1-2H3. The van der Waals surface area contributed by atoms with Gasteiger partial charge >= 0.3 is 0 Å². The van der Waals surface area contributed by atoms with Crippen molar-refractivity contribution >= 4 is 22.4 Å². The van der Waals surface area contributed by atoms with Gasteiger partial charge in [-0.1, -0.05) is 11.3 Å². The normalized spacial score (nSPS) is 19.4. The van der Waals surface area contributed by atoms with Crippen molar-refractivity contribution in [3.63, 3.8) is 0 Å². The number of hydrogen-bond donors (Lipinski definition) is 0. The Morgan fingerprint density at radius 3 is 2.77 bits per heavy atom. The maximum Gasteiger partial charge on any atom is 0.248 e.